The van der Waals surface area contributed by atoms with Crippen molar-refractivity contribution in [3.63, 3.8) is 0 Å². The van der Waals surface area contributed by atoms with E-state index in [2.05, 4.69) is 22.7 Å². The largest absolute Gasteiger partial charge is 0.508 e. The van der Waals surface area contributed by atoms with Crippen LogP contribution in [-0.4, -0.2) is 9.51 Å². The molecule has 3 rings (SSSR count). The van der Waals surface area contributed by atoms with E-state index in [-0.39, 0.29) is 0 Å². The lowest BCUT2D eigenvalue weighted by Gasteiger charge is -1.97. The molecule has 0 unspecified atom stereocenters. The van der Waals surface area contributed by atoms with Crippen molar-refractivity contribution >= 4 is 5.52 Å². The van der Waals surface area contributed by atoms with E-state index in [1.165, 1.54) is 0 Å². The molecular weight excluding hydrogens is 198 g/mol. The number of benzene rings is 1. The zero-order chi connectivity index (χ0) is 11.0. The Hall–Kier alpha value is -2.22. The third kappa shape index (κ3) is 1.44. The van der Waals surface area contributed by atoms with Gasteiger partial charge in [0.2, 0.25) is 0 Å². The molecule has 0 amide bonds. The first kappa shape index (κ1) is 9.04. The third-order valence-corrected chi connectivity index (χ3v) is 2.68. The minimum Gasteiger partial charge on any atom is -0.508 e. The normalized spacial score (nSPS) is 10.8. The summed E-state index contributed by atoms with van der Waals surface area (Å²) in [6.45, 7) is 0. The van der Waals surface area contributed by atoms with E-state index in [4.69, 9.17) is 0 Å². The van der Waals surface area contributed by atoms with Crippen LogP contribution in [0.3, 0.4) is 0 Å². The van der Waals surface area contributed by atoms with Gasteiger partial charge in [0.05, 0.1) is 0 Å². The second-order valence-electron chi connectivity index (χ2n) is 3.81. The predicted octanol–water partition coefficient (Wildman–Crippen LogP) is 3.31. The summed E-state index contributed by atoms with van der Waals surface area (Å²) in [7, 11) is 0. The van der Waals surface area contributed by atoms with Crippen LogP contribution in [0.4, 0.5) is 0 Å². The van der Waals surface area contributed by atoms with E-state index in [1.807, 2.05) is 30.5 Å². The molecule has 0 aliphatic carbocycles. The molecule has 2 nitrogen and oxygen atoms in total. The van der Waals surface area contributed by atoms with E-state index in [9.17, 15) is 5.11 Å². The van der Waals surface area contributed by atoms with Crippen molar-refractivity contribution in [2.45, 2.75) is 0 Å². The molecule has 0 fully saturated rings. The molecule has 0 atom stereocenters. The Morgan fingerprint density at radius 2 is 1.81 bits per heavy atom. The van der Waals surface area contributed by atoms with E-state index in [0.717, 1.165) is 16.6 Å². The fraction of sp³-hybridized carbons (Fsp3) is 0. The predicted molar refractivity (Wildman–Crippen MR) is 64.5 cm³/mol. The molecule has 78 valence electrons. The number of hydrogen-bond acceptors (Lipinski definition) is 1. The lowest BCUT2D eigenvalue weighted by Crippen LogP contribution is -1.76. The number of aromatic hydroxyl groups is 1. The lowest BCUT2D eigenvalue weighted by molar-refractivity contribution is 0.475. The van der Waals surface area contributed by atoms with Gasteiger partial charge in [-0.1, -0.05) is 18.2 Å². The van der Waals surface area contributed by atoms with Crippen LogP contribution in [0, 0.1) is 0 Å². The van der Waals surface area contributed by atoms with Gasteiger partial charge in [-0.2, -0.15) is 0 Å². The number of pyridine rings is 1. The Bertz CT molecular complexity index is 607. The van der Waals surface area contributed by atoms with Crippen LogP contribution in [-0.2, 0) is 0 Å². The molecule has 0 bridgehead atoms. The first-order chi connectivity index (χ1) is 7.83. The summed E-state index contributed by atoms with van der Waals surface area (Å²) in [4.78, 5) is 0. The molecule has 0 spiro atoms. The van der Waals surface area contributed by atoms with Crippen molar-refractivity contribution in [1.29, 1.82) is 0 Å². The first-order valence-electron chi connectivity index (χ1n) is 5.19. The van der Waals surface area contributed by atoms with Crippen molar-refractivity contribution in [3.05, 3.63) is 60.9 Å². The second-order valence-corrected chi connectivity index (χ2v) is 3.81. The van der Waals surface area contributed by atoms with Crippen LogP contribution < -0.4 is 0 Å². The standard InChI is InChI=1S/C14H11NO/c16-14-6-3-4-11(9-14)12-8-13-5-1-2-7-15(13)10-12/h1-10,16H. The molecular formula is C14H11NO. The topological polar surface area (TPSA) is 24.6 Å². The van der Waals surface area contributed by atoms with E-state index in [1.54, 1.807) is 12.1 Å². The minimum atomic E-state index is 0.299. The summed E-state index contributed by atoms with van der Waals surface area (Å²) in [5.41, 5.74) is 3.30. The quantitative estimate of drug-likeness (QED) is 0.653. The van der Waals surface area contributed by atoms with E-state index < -0.39 is 0 Å². The molecule has 2 aromatic heterocycles. The van der Waals surface area contributed by atoms with Gasteiger partial charge in [0.25, 0.3) is 0 Å². The van der Waals surface area contributed by atoms with Gasteiger partial charge in [0, 0.05) is 23.5 Å². The van der Waals surface area contributed by atoms with Gasteiger partial charge in [-0.3, -0.25) is 0 Å². The smallest absolute Gasteiger partial charge is 0.116 e. The number of nitrogens with zero attached hydrogens (tertiary/aromatic N) is 1. The van der Waals surface area contributed by atoms with Crippen LogP contribution in [0.15, 0.2) is 60.9 Å². The van der Waals surface area contributed by atoms with Gasteiger partial charge in [0.1, 0.15) is 5.75 Å². The van der Waals surface area contributed by atoms with Gasteiger partial charge in [0.15, 0.2) is 0 Å². The molecule has 1 N–H and O–H groups in total. The summed E-state index contributed by atoms with van der Waals surface area (Å²) in [5, 5.41) is 9.44. The maximum absolute atomic E-state index is 9.44. The number of rotatable bonds is 1. The highest BCUT2D eigenvalue weighted by molar-refractivity contribution is 5.71. The summed E-state index contributed by atoms with van der Waals surface area (Å²) in [6.07, 6.45) is 4.08. The highest BCUT2D eigenvalue weighted by atomic mass is 16.3. The highest BCUT2D eigenvalue weighted by Gasteiger charge is 2.02. The Morgan fingerprint density at radius 3 is 2.62 bits per heavy atom. The molecule has 0 saturated heterocycles. The molecule has 1 aromatic carbocycles. The number of aromatic nitrogens is 1. The van der Waals surface area contributed by atoms with E-state index >= 15 is 0 Å². The number of phenolic OH excluding ortho intramolecular Hbond substituents is 1. The first-order valence-corrected chi connectivity index (χ1v) is 5.19. The van der Waals surface area contributed by atoms with Crippen molar-refractivity contribution < 1.29 is 5.11 Å². The summed E-state index contributed by atoms with van der Waals surface area (Å²) < 4.78 is 2.07. The number of hydrogen-bond donors (Lipinski definition) is 1. The zero-order valence-corrected chi connectivity index (χ0v) is 8.67. The van der Waals surface area contributed by atoms with E-state index in [0.29, 0.717) is 5.75 Å². The Balaban J connectivity index is 2.19. The molecule has 2 heteroatoms. The maximum Gasteiger partial charge on any atom is 0.116 e. The number of fused-ring (bicyclic) bond motifs is 1. The molecule has 2 heterocycles. The minimum absolute atomic E-state index is 0.299. The lowest BCUT2D eigenvalue weighted by atomic mass is 10.1. The van der Waals surface area contributed by atoms with Gasteiger partial charge < -0.3 is 9.51 Å². The molecule has 0 saturated carbocycles. The fourth-order valence-electron chi connectivity index (χ4n) is 1.90. The van der Waals surface area contributed by atoms with Crippen LogP contribution in [0.1, 0.15) is 0 Å². The molecule has 0 aliphatic rings. The van der Waals surface area contributed by atoms with Crippen molar-refractivity contribution in [2.75, 3.05) is 0 Å². The van der Waals surface area contributed by atoms with Gasteiger partial charge in [-0.15, -0.1) is 0 Å². The Morgan fingerprint density at radius 1 is 0.875 bits per heavy atom. The Labute approximate surface area is 93.4 Å². The Kier molecular flexibility index (Phi) is 1.93. The number of phenols is 1. The van der Waals surface area contributed by atoms with Crippen LogP contribution in [0.5, 0.6) is 5.75 Å². The zero-order valence-electron chi connectivity index (χ0n) is 8.67. The fourth-order valence-corrected chi connectivity index (χ4v) is 1.90. The second kappa shape index (κ2) is 3.42. The average molecular weight is 209 g/mol. The summed E-state index contributed by atoms with van der Waals surface area (Å²) in [6, 6.07) is 15.5. The van der Waals surface area contributed by atoms with Gasteiger partial charge in [-0.25, -0.2) is 0 Å². The van der Waals surface area contributed by atoms with Crippen molar-refractivity contribution in [2.24, 2.45) is 0 Å². The van der Waals surface area contributed by atoms with Crippen LogP contribution in [0.2, 0.25) is 0 Å². The van der Waals surface area contributed by atoms with Crippen LogP contribution in [0.25, 0.3) is 16.6 Å². The summed E-state index contributed by atoms with van der Waals surface area (Å²) >= 11 is 0. The summed E-state index contributed by atoms with van der Waals surface area (Å²) in [5.74, 6) is 0.299. The molecule has 3 aromatic rings. The third-order valence-electron chi connectivity index (χ3n) is 2.68. The maximum atomic E-state index is 9.44. The van der Waals surface area contributed by atoms with Gasteiger partial charge >= 0.3 is 0 Å². The highest BCUT2D eigenvalue weighted by Crippen LogP contribution is 2.25. The van der Waals surface area contributed by atoms with Gasteiger partial charge in [-0.05, 0) is 35.9 Å². The molecule has 0 radical (unpaired) electrons. The SMILES string of the molecule is Oc1cccc(-c2cc3ccccn3c2)c1. The van der Waals surface area contributed by atoms with Crippen LogP contribution >= 0.6 is 0 Å². The van der Waals surface area contributed by atoms with Crippen molar-refractivity contribution in [1.82, 2.24) is 4.40 Å². The monoisotopic (exact) mass is 209 g/mol. The average Bonchev–Trinajstić information content (AvgIpc) is 2.72. The molecule has 16 heavy (non-hydrogen) atoms. The molecule has 0 aliphatic heterocycles. The van der Waals surface area contributed by atoms with Crippen molar-refractivity contribution in [3.8, 4) is 16.9 Å².